The number of hydrogen-bond donors (Lipinski definition) is 1. The molecule has 0 saturated heterocycles. The van der Waals surface area contributed by atoms with Crippen molar-refractivity contribution in [2.45, 2.75) is 13.8 Å². The number of furan rings is 1. The van der Waals surface area contributed by atoms with Crippen molar-refractivity contribution in [1.29, 1.82) is 0 Å². The number of rotatable bonds is 1. The standard InChI is InChI=1S/C9H9BrN2O2/c1-4-3-6(5(2)13-4)8-7(10)9(11)12-14-8/h3H,1-2H3,(H2,11,12). The van der Waals surface area contributed by atoms with Crippen molar-refractivity contribution < 1.29 is 8.94 Å². The van der Waals surface area contributed by atoms with Gasteiger partial charge in [-0.05, 0) is 35.8 Å². The molecule has 0 saturated carbocycles. The second-order valence-electron chi connectivity index (χ2n) is 3.04. The molecule has 4 nitrogen and oxygen atoms in total. The zero-order valence-electron chi connectivity index (χ0n) is 7.80. The molecule has 0 radical (unpaired) electrons. The van der Waals surface area contributed by atoms with Crippen LogP contribution in [0.5, 0.6) is 0 Å². The molecule has 0 atom stereocenters. The molecule has 0 aliphatic rings. The summed E-state index contributed by atoms with van der Waals surface area (Å²) in [4.78, 5) is 0. The van der Waals surface area contributed by atoms with Gasteiger partial charge in [0.05, 0.1) is 5.56 Å². The lowest BCUT2D eigenvalue weighted by Gasteiger charge is -1.91. The van der Waals surface area contributed by atoms with Gasteiger partial charge in [0.2, 0.25) is 0 Å². The minimum absolute atomic E-state index is 0.346. The fourth-order valence-corrected chi connectivity index (χ4v) is 1.67. The third-order valence-electron chi connectivity index (χ3n) is 1.95. The minimum Gasteiger partial charge on any atom is -0.466 e. The largest absolute Gasteiger partial charge is 0.466 e. The normalized spacial score (nSPS) is 10.8. The van der Waals surface area contributed by atoms with Gasteiger partial charge in [0, 0.05) is 0 Å². The van der Waals surface area contributed by atoms with E-state index in [0.29, 0.717) is 16.1 Å². The second-order valence-corrected chi connectivity index (χ2v) is 3.83. The molecule has 0 fully saturated rings. The highest BCUT2D eigenvalue weighted by atomic mass is 79.9. The maximum atomic E-state index is 5.55. The number of halogens is 1. The van der Waals surface area contributed by atoms with Crippen LogP contribution in [-0.4, -0.2) is 5.16 Å². The van der Waals surface area contributed by atoms with E-state index in [9.17, 15) is 0 Å². The Kier molecular flexibility index (Phi) is 2.11. The van der Waals surface area contributed by atoms with E-state index in [4.69, 9.17) is 14.7 Å². The van der Waals surface area contributed by atoms with E-state index >= 15 is 0 Å². The fourth-order valence-electron chi connectivity index (χ4n) is 1.31. The van der Waals surface area contributed by atoms with Crippen LogP contribution in [0.3, 0.4) is 0 Å². The first-order chi connectivity index (χ1) is 6.59. The molecule has 0 aliphatic carbocycles. The average Bonchev–Trinajstić information content (AvgIpc) is 2.59. The Balaban J connectivity index is 2.59. The van der Waals surface area contributed by atoms with Crippen LogP contribution in [0.1, 0.15) is 11.5 Å². The second kappa shape index (κ2) is 3.16. The van der Waals surface area contributed by atoms with E-state index in [1.54, 1.807) is 0 Å². The van der Waals surface area contributed by atoms with E-state index in [-0.39, 0.29) is 0 Å². The molecule has 2 rings (SSSR count). The third kappa shape index (κ3) is 1.33. The lowest BCUT2D eigenvalue weighted by atomic mass is 10.2. The van der Waals surface area contributed by atoms with Gasteiger partial charge in [-0.3, -0.25) is 0 Å². The number of nitrogens with zero attached hydrogens (tertiary/aromatic N) is 1. The number of nitrogens with two attached hydrogens (primary N) is 1. The van der Waals surface area contributed by atoms with Crippen LogP contribution in [0, 0.1) is 13.8 Å². The highest BCUT2D eigenvalue weighted by Gasteiger charge is 2.17. The molecule has 2 aromatic rings. The van der Waals surface area contributed by atoms with Gasteiger partial charge in [0.15, 0.2) is 11.6 Å². The zero-order valence-corrected chi connectivity index (χ0v) is 9.38. The average molecular weight is 257 g/mol. The number of nitrogen functional groups attached to an aromatic ring is 1. The van der Waals surface area contributed by atoms with Gasteiger partial charge in [-0.1, -0.05) is 5.16 Å². The first kappa shape index (κ1) is 9.33. The van der Waals surface area contributed by atoms with Gasteiger partial charge in [-0.15, -0.1) is 0 Å². The molecular weight excluding hydrogens is 248 g/mol. The number of hydrogen-bond acceptors (Lipinski definition) is 4. The van der Waals surface area contributed by atoms with Crippen LogP contribution in [0.25, 0.3) is 11.3 Å². The van der Waals surface area contributed by atoms with Crippen molar-refractivity contribution >= 4 is 21.7 Å². The topological polar surface area (TPSA) is 65.2 Å². The molecule has 0 aromatic carbocycles. The van der Waals surface area contributed by atoms with Crippen molar-refractivity contribution in [1.82, 2.24) is 5.16 Å². The van der Waals surface area contributed by atoms with Crippen LogP contribution in [0.2, 0.25) is 0 Å². The van der Waals surface area contributed by atoms with Crippen molar-refractivity contribution in [3.8, 4) is 11.3 Å². The van der Waals surface area contributed by atoms with E-state index in [1.165, 1.54) is 0 Å². The van der Waals surface area contributed by atoms with Gasteiger partial charge in [0.25, 0.3) is 0 Å². The first-order valence-electron chi connectivity index (χ1n) is 4.07. The number of aromatic nitrogens is 1. The quantitative estimate of drug-likeness (QED) is 0.852. The molecule has 74 valence electrons. The Morgan fingerprint density at radius 1 is 1.43 bits per heavy atom. The smallest absolute Gasteiger partial charge is 0.186 e. The Labute approximate surface area is 89.2 Å². The molecule has 5 heteroatoms. The summed E-state index contributed by atoms with van der Waals surface area (Å²) in [6, 6.07) is 1.89. The van der Waals surface area contributed by atoms with Gasteiger partial charge in [0.1, 0.15) is 16.0 Å². The van der Waals surface area contributed by atoms with Crippen molar-refractivity contribution in [2.75, 3.05) is 5.73 Å². The molecule has 2 aromatic heterocycles. The molecule has 0 bridgehead atoms. The van der Waals surface area contributed by atoms with Gasteiger partial charge in [-0.25, -0.2) is 0 Å². The lowest BCUT2D eigenvalue weighted by molar-refractivity contribution is 0.433. The van der Waals surface area contributed by atoms with Gasteiger partial charge >= 0.3 is 0 Å². The lowest BCUT2D eigenvalue weighted by Crippen LogP contribution is -1.83. The highest BCUT2D eigenvalue weighted by Crippen LogP contribution is 2.35. The highest BCUT2D eigenvalue weighted by molar-refractivity contribution is 9.10. The molecule has 0 unspecified atom stereocenters. The molecule has 0 aliphatic heterocycles. The molecule has 14 heavy (non-hydrogen) atoms. The Morgan fingerprint density at radius 2 is 2.14 bits per heavy atom. The van der Waals surface area contributed by atoms with Crippen molar-refractivity contribution in [3.63, 3.8) is 0 Å². The summed E-state index contributed by atoms with van der Waals surface area (Å²) in [6.07, 6.45) is 0. The van der Waals surface area contributed by atoms with Crippen LogP contribution in [0.15, 0.2) is 19.5 Å². The molecule has 0 amide bonds. The zero-order chi connectivity index (χ0) is 10.3. The van der Waals surface area contributed by atoms with E-state index in [1.807, 2.05) is 19.9 Å². The maximum Gasteiger partial charge on any atom is 0.186 e. The first-order valence-corrected chi connectivity index (χ1v) is 4.87. The van der Waals surface area contributed by atoms with E-state index < -0.39 is 0 Å². The summed E-state index contributed by atoms with van der Waals surface area (Å²) in [5.41, 5.74) is 6.43. The Morgan fingerprint density at radius 3 is 2.57 bits per heavy atom. The maximum absolute atomic E-state index is 5.55. The predicted octanol–water partition coefficient (Wildman–Crippen LogP) is 2.90. The SMILES string of the molecule is Cc1cc(-c2onc(N)c2Br)c(C)o1. The Bertz CT molecular complexity index is 473. The summed E-state index contributed by atoms with van der Waals surface area (Å²) >= 11 is 3.31. The van der Waals surface area contributed by atoms with Crippen molar-refractivity contribution in [3.05, 3.63) is 22.1 Å². The van der Waals surface area contributed by atoms with Gasteiger partial charge < -0.3 is 14.7 Å². The summed E-state index contributed by atoms with van der Waals surface area (Å²) in [5.74, 6) is 2.58. The summed E-state index contributed by atoms with van der Waals surface area (Å²) in [5, 5.41) is 3.66. The molecule has 0 spiro atoms. The third-order valence-corrected chi connectivity index (χ3v) is 2.71. The molecule has 2 heterocycles. The Hall–Kier alpha value is -1.23. The van der Waals surface area contributed by atoms with E-state index in [0.717, 1.165) is 17.1 Å². The number of anilines is 1. The van der Waals surface area contributed by atoms with Crippen LogP contribution in [-0.2, 0) is 0 Å². The monoisotopic (exact) mass is 256 g/mol. The van der Waals surface area contributed by atoms with Crippen molar-refractivity contribution in [2.24, 2.45) is 0 Å². The molecular formula is C9H9BrN2O2. The minimum atomic E-state index is 0.346. The fraction of sp³-hybridized carbons (Fsp3) is 0.222. The van der Waals surface area contributed by atoms with Gasteiger partial charge in [-0.2, -0.15) is 0 Å². The van der Waals surface area contributed by atoms with Crippen LogP contribution >= 0.6 is 15.9 Å². The van der Waals surface area contributed by atoms with Crippen LogP contribution < -0.4 is 5.73 Å². The summed E-state index contributed by atoms with van der Waals surface area (Å²) in [6.45, 7) is 3.75. The van der Waals surface area contributed by atoms with Crippen LogP contribution in [0.4, 0.5) is 5.82 Å². The van der Waals surface area contributed by atoms with E-state index in [2.05, 4.69) is 21.1 Å². The number of aryl methyl sites for hydroxylation is 2. The molecule has 2 N–H and O–H groups in total. The predicted molar refractivity (Wildman–Crippen MR) is 55.8 cm³/mol. The summed E-state index contributed by atoms with van der Waals surface area (Å²) < 4.78 is 11.1. The summed E-state index contributed by atoms with van der Waals surface area (Å²) in [7, 11) is 0.